The number of Topliss-reactive ketones (excluding diaryl/α,β-unsaturated/α-hetero) is 1. The maximum absolute atomic E-state index is 12.2. The van der Waals surface area contributed by atoms with Gasteiger partial charge in [0.15, 0.2) is 0 Å². The van der Waals surface area contributed by atoms with Gasteiger partial charge in [0.05, 0.1) is 6.20 Å². The third-order valence-corrected chi connectivity index (χ3v) is 3.12. The highest BCUT2D eigenvalue weighted by atomic mass is 16.1. The SMILES string of the molecule is CCCC(CCC)C(=O)Cc1cnn(CC)c1. The van der Waals surface area contributed by atoms with Crippen LogP contribution in [0, 0.1) is 5.92 Å². The van der Waals surface area contributed by atoms with Crippen LogP contribution in [0.1, 0.15) is 52.0 Å². The number of hydrogen-bond acceptors (Lipinski definition) is 2. The number of carbonyl (C=O) groups excluding carboxylic acids is 1. The average molecular weight is 236 g/mol. The molecule has 1 heterocycles. The zero-order valence-corrected chi connectivity index (χ0v) is 11.3. The van der Waals surface area contributed by atoms with E-state index in [1.165, 1.54) is 0 Å². The third kappa shape index (κ3) is 4.33. The summed E-state index contributed by atoms with van der Waals surface area (Å²) in [5.74, 6) is 0.624. The van der Waals surface area contributed by atoms with Crippen LogP contribution in [-0.4, -0.2) is 15.6 Å². The van der Waals surface area contributed by atoms with Crippen molar-refractivity contribution in [2.24, 2.45) is 5.92 Å². The molecule has 1 aromatic heterocycles. The first-order valence-corrected chi connectivity index (χ1v) is 6.75. The Morgan fingerprint density at radius 3 is 2.41 bits per heavy atom. The van der Waals surface area contributed by atoms with Crippen LogP contribution in [-0.2, 0) is 17.8 Å². The van der Waals surface area contributed by atoms with E-state index in [1.54, 1.807) is 0 Å². The predicted molar refractivity (Wildman–Crippen MR) is 69.9 cm³/mol. The summed E-state index contributed by atoms with van der Waals surface area (Å²) in [5.41, 5.74) is 1.05. The second-order valence-corrected chi connectivity index (χ2v) is 4.62. The van der Waals surface area contributed by atoms with Crippen LogP contribution in [0.2, 0.25) is 0 Å². The van der Waals surface area contributed by atoms with Crippen LogP contribution in [0.25, 0.3) is 0 Å². The van der Waals surface area contributed by atoms with Gasteiger partial charge in [-0.25, -0.2) is 0 Å². The lowest BCUT2D eigenvalue weighted by Gasteiger charge is -2.13. The van der Waals surface area contributed by atoms with Gasteiger partial charge in [-0.2, -0.15) is 5.10 Å². The Bertz CT molecular complexity index is 338. The molecule has 0 saturated carbocycles. The van der Waals surface area contributed by atoms with E-state index in [1.807, 2.05) is 17.1 Å². The van der Waals surface area contributed by atoms with Gasteiger partial charge in [-0.1, -0.05) is 26.7 Å². The summed E-state index contributed by atoms with van der Waals surface area (Å²) in [5, 5.41) is 4.20. The standard InChI is InChI=1S/C14H24N2O/c1-4-7-13(8-5-2)14(17)9-12-10-15-16(6-3)11-12/h10-11,13H,4-9H2,1-3H3. The molecule has 96 valence electrons. The number of aryl methyl sites for hydroxylation is 1. The quantitative estimate of drug-likeness (QED) is 0.694. The van der Waals surface area contributed by atoms with E-state index < -0.39 is 0 Å². The van der Waals surface area contributed by atoms with Gasteiger partial charge < -0.3 is 0 Å². The largest absolute Gasteiger partial charge is 0.299 e. The molecule has 1 rings (SSSR count). The molecule has 0 N–H and O–H groups in total. The molecule has 0 aliphatic carbocycles. The van der Waals surface area contributed by atoms with Crippen LogP contribution in [0.15, 0.2) is 12.4 Å². The lowest BCUT2D eigenvalue weighted by Crippen LogP contribution is -2.16. The monoisotopic (exact) mass is 236 g/mol. The van der Waals surface area contributed by atoms with Gasteiger partial charge in [-0.15, -0.1) is 0 Å². The molecule has 3 nitrogen and oxygen atoms in total. The van der Waals surface area contributed by atoms with Crippen molar-refractivity contribution in [3.05, 3.63) is 18.0 Å². The first-order valence-electron chi connectivity index (χ1n) is 6.75. The van der Waals surface area contributed by atoms with E-state index in [9.17, 15) is 4.79 Å². The molecule has 0 spiro atoms. The van der Waals surface area contributed by atoms with Crippen molar-refractivity contribution >= 4 is 5.78 Å². The topological polar surface area (TPSA) is 34.9 Å². The first-order chi connectivity index (χ1) is 8.21. The maximum atomic E-state index is 12.2. The van der Waals surface area contributed by atoms with Crippen LogP contribution in [0.4, 0.5) is 0 Å². The second kappa shape index (κ2) is 7.25. The Morgan fingerprint density at radius 1 is 1.29 bits per heavy atom. The second-order valence-electron chi connectivity index (χ2n) is 4.62. The Hall–Kier alpha value is -1.12. The van der Waals surface area contributed by atoms with Crippen LogP contribution in [0.5, 0.6) is 0 Å². The molecule has 0 bridgehead atoms. The van der Waals surface area contributed by atoms with Crippen molar-refractivity contribution < 1.29 is 4.79 Å². The summed E-state index contributed by atoms with van der Waals surface area (Å²) in [4.78, 5) is 12.2. The first kappa shape index (κ1) is 13.9. The van der Waals surface area contributed by atoms with E-state index in [4.69, 9.17) is 0 Å². The van der Waals surface area contributed by atoms with E-state index in [2.05, 4.69) is 25.9 Å². The summed E-state index contributed by atoms with van der Waals surface area (Å²) in [7, 11) is 0. The lowest BCUT2D eigenvalue weighted by atomic mass is 9.91. The van der Waals surface area contributed by atoms with Crippen molar-refractivity contribution in [3.63, 3.8) is 0 Å². The molecule has 1 aromatic rings. The lowest BCUT2D eigenvalue weighted by molar-refractivity contribution is -0.122. The van der Waals surface area contributed by atoms with Crippen molar-refractivity contribution in [2.45, 2.75) is 59.4 Å². The number of rotatable bonds is 8. The summed E-state index contributed by atoms with van der Waals surface area (Å²) >= 11 is 0. The van der Waals surface area contributed by atoms with Crippen molar-refractivity contribution in [3.8, 4) is 0 Å². The Labute approximate surface area is 104 Å². The molecule has 0 aliphatic heterocycles. The van der Waals surface area contributed by atoms with Crippen LogP contribution >= 0.6 is 0 Å². The number of aromatic nitrogens is 2. The van der Waals surface area contributed by atoms with Gasteiger partial charge in [-0.05, 0) is 25.3 Å². The summed E-state index contributed by atoms with van der Waals surface area (Å²) < 4.78 is 1.87. The molecule has 0 atom stereocenters. The predicted octanol–water partition coefficient (Wildman–Crippen LogP) is 3.23. The number of ketones is 1. The minimum atomic E-state index is 0.245. The summed E-state index contributed by atoms with van der Waals surface area (Å²) in [6.07, 6.45) is 8.56. The van der Waals surface area contributed by atoms with E-state index >= 15 is 0 Å². The number of carbonyl (C=O) groups is 1. The maximum Gasteiger partial charge on any atom is 0.140 e. The average Bonchev–Trinajstić information content (AvgIpc) is 2.76. The van der Waals surface area contributed by atoms with Gasteiger partial charge in [0.25, 0.3) is 0 Å². The van der Waals surface area contributed by atoms with Gasteiger partial charge >= 0.3 is 0 Å². The van der Waals surface area contributed by atoms with Crippen molar-refractivity contribution in [2.75, 3.05) is 0 Å². The van der Waals surface area contributed by atoms with E-state index in [-0.39, 0.29) is 5.92 Å². The highest BCUT2D eigenvalue weighted by molar-refractivity contribution is 5.83. The normalized spacial score (nSPS) is 11.1. The fourth-order valence-electron chi connectivity index (χ4n) is 2.18. The zero-order valence-electron chi connectivity index (χ0n) is 11.3. The highest BCUT2D eigenvalue weighted by Gasteiger charge is 2.17. The molecule has 0 amide bonds. The van der Waals surface area contributed by atoms with Gasteiger partial charge in [0.1, 0.15) is 5.78 Å². The fraction of sp³-hybridized carbons (Fsp3) is 0.714. The molecule has 3 heteroatoms. The fourth-order valence-corrected chi connectivity index (χ4v) is 2.18. The third-order valence-electron chi connectivity index (χ3n) is 3.12. The van der Waals surface area contributed by atoms with Crippen LogP contribution < -0.4 is 0 Å². The molecule has 0 aromatic carbocycles. The van der Waals surface area contributed by atoms with Crippen LogP contribution in [0.3, 0.4) is 0 Å². The smallest absolute Gasteiger partial charge is 0.140 e. The molecule has 0 fully saturated rings. The minimum Gasteiger partial charge on any atom is -0.299 e. The molecular weight excluding hydrogens is 212 g/mol. The minimum absolute atomic E-state index is 0.245. The summed E-state index contributed by atoms with van der Waals surface area (Å²) in [6.45, 7) is 7.20. The highest BCUT2D eigenvalue weighted by Crippen LogP contribution is 2.17. The molecule has 0 saturated heterocycles. The van der Waals surface area contributed by atoms with Gasteiger partial charge in [0, 0.05) is 25.1 Å². The van der Waals surface area contributed by atoms with Gasteiger partial charge in [-0.3, -0.25) is 9.48 Å². The molecule has 17 heavy (non-hydrogen) atoms. The zero-order chi connectivity index (χ0) is 12.7. The van der Waals surface area contributed by atoms with E-state index in [0.29, 0.717) is 12.2 Å². The van der Waals surface area contributed by atoms with Crippen molar-refractivity contribution in [1.82, 2.24) is 9.78 Å². The van der Waals surface area contributed by atoms with E-state index in [0.717, 1.165) is 37.8 Å². The molecule has 0 radical (unpaired) electrons. The number of hydrogen-bond donors (Lipinski definition) is 0. The van der Waals surface area contributed by atoms with Crippen molar-refractivity contribution in [1.29, 1.82) is 0 Å². The number of nitrogens with zero attached hydrogens (tertiary/aromatic N) is 2. The Balaban J connectivity index is 2.56. The van der Waals surface area contributed by atoms with Gasteiger partial charge in [0.2, 0.25) is 0 Å². The Morgan fingerprint density at radius 2 is 1.94 bits per heavy atom. The molecule has 0 aliphatic rings. The Kier molecular flexibility index (Phi) is 5.95. The molecule has 0 unspecified atom stereocenters. The molecular formula is C14H24N2O. The summed E-state index contributed by atoms with van der Waals surface area (Å²) in [6, 6.07) is 0.